The van der Waals surface area contributed by atoms with Crippen molar-refractivity contribution < 1.29 is 5.48 Å². The Morgan fingerprint density at radius 1 is 1.21 bits per heavy atom. The number of hydrogen-bond acceptors (Lipinski definition) is 6. The number of rotatable bonds is 3. The minimum atomic E-state index is 0. The molecule has 1 saturated carbocycles. The third-order valence-corrected chi connectivity index (χ3v) is 1.82. The molecule has 7 nitrogen and oxygen atoms in total. The van der Waals surface area contributed by atoms with Gasteiger partial charge in [-0.2, -0.15) is 15.0 Å². The number of aromatic nitrogens is 3. The van der Waals surface area contributed by atoms with E-state index in [1.165, 1.54) is 0 Å². The molecule has 0 aliphatic heterocycles. The molecule has 1 aromatic rings. The van der Waals surface area contributed by atoms with Crippen LogP contribution in [0.5, 0.6) is 0 Å². The first kappa shape index (κ1) is 10.7. The second-order valence-electron chi connectivity index (χ2n) is 2.85. The van der Waals surface area contributed by atoms with E-state index in [4.69, 9.17) is 17.5 Å². The van der Waals surface area contributed by atoms with Gasteiger partial charge in [0.25, 0.3) is 0 Å². The van der Waals surface area contributed by atoms with Crippen LogP contribution < -0.4 is 15.9 Å². The third-order valence-electron chi connectivity index (χ3n) is 1.65. The summed E-state index contributed by atoms with van der Waals surface area (Å²) in [6.45, 7) is 0. The molecule has 0 aromatic carbocycles. The molecule has 0 bridgehead atoms. The van der Waals surface area contributed by atoms with Crippen LogP contribution in [0.2, 0.25) is 0 Å². The van der Waals surface area contributed by atoms with Crippen LogP contribution in [0.4, 0.5) is 17.8 Å². The molecule has 2 rings (SSSR count). The van der Waals surface area contributed by atoms with Gasteiger partial charge >= 0.3 is 0 Å². The highest BCUT2D eigenvalue weighted by molar-refractivity contribution is 6.23. The van der Waals surface area contributed by atoms with Gasteiger partial charge in [0.1, 0.15) is 0 Å². The fourth-order valence-corrected chi connectivity index (χ4v) is 0.994. The fraction of sp³-hybridized carbons (Fsp3) is 0.500. The van der Waals surface area contributed by atoms with Gasteiger partial charge in [-0.1, -0.05) is 0 Å². The third kappa shape index (κ3) is 2.57. The van der Waals surface area contributed by atoms with Gasteiger partial charge in [0, 0.05) is 17.8 Å². The number of halogens is 1. The first-order chi connectivity index (χ1) is 6.28. The van der Waals surface area contributed by atoms with Crippen molar-refractivity contribution in [2.75, 3.05) is 15.9 Å². The smallest absolute Gasteiger partial charge is 0.244 e. The van der Waals surface area contributed by atoms with Crippen molar-refractivity contribution in [1.29, 1.82) is 0 Å². The highest BCUT2D eigenvalue weighted by atomic mass is 35.5. The zero-order valence-electron chi connectivity index (χ0n) is 7.29. The Labute approximate surface area is 85.5 Å². The summed E-state index contributed by atoms with van der Waals surface area (Å²) in [5, 5.41) is 3.09. The molecular formula is C6H11ClN6O. The van der Waals surface area contributed by atoms with Crippen molar-refractivity contribution >= 4 is 29.6 Å². The lowest BCUT2D eigenvalue weighted by Gasteiger charge is -2.03. The van der Waals surface area contributed by atoms with E-state index in [-0.39, 0.29) is 17.4 Å². The van der Waals surface area contributed by atoms with Gasteiger partial charge in [0.2, 0.25) is 17.8 Å². The maximum absolute atomic E-state index is 5.43. The maximum atomic E-state index is 5.43. The summed E-state index contributed by atoms with van der Waals surface area (Å²) in [4.78, 5) is 13.9. The van der Waals surface area contributed by atoms with E-state index in [9.17, 15) is 0 Å². The molecule has 1 fully saturated rings. The van der Waals surface area contributed by atoms with E-state index in [2.05, 4.69) is 25.1 Å². The summed E-state index contributed by atoms with van der Waals surface area (Å²) in [7, 11) is 0. The Morgan fingerprint density at radius 2 is 1.86 bits per heavy atom. The summed E-state index contributed by atoms with van der Waals surface area (Å²) >= 11 is 5.34. The average Bonchev–Trinajstić information content (AvgIpc) is 2.87. The number of nitrogens with one attached hydrogen (secondary N) is 2. The van der Waals surface area contributed by atoms with E-state index in [1.807, 2.05) is 0 Å². The van der Waals surface area contributed by atoms with Crippen LogP contribution in [-0.4, -0.2) is 26.5 Å². The zero-order chi connectivity index (χ0) is 9.26. The summed E-state index contributed by atoms with van der Waals surface area (Å²) in [6.07, 6.45) is 2.30. The lowest BCUT2D eigenvalue weighted by molar-refractivity contribution is 0.824. The number of nitrogens with zero attached hydrogens (tertiary/aromatic N) is 3. The fourth-order valence-electron chi connectivity index (χ4n) is 0.909. The molecule has 14 heavy (non-hydrogen) atoms. The molecular weight excluding hydrogens is 208 g/mol. The molecule has 1 heterocycles. The Bertz CT molecular complexity index is 317. The van der Waals surface area contributed by atoms with Gasteiger partial charge in [0.05, 0.1) is 0 Å². The molecule has 8 heteroatoms. The number of nitrogens with two attached hydrogens (primary N) is 1. The zero-order valence-corrected chi connectivity index (χ0v) is 8.04. The predicted octanol–water partition coefficient (Wildman–Crippen LogP) is -0.231. The molecule has 1 aliphatic carbocycles. The van der Waals surface area contributed by atoms with E-state index in [1.54, 1.807) is 0 Å². The van der Waals surface area contributed by atoms with Gasteiger partial charge in [-0.3, -0.25) is 4.84 Å². The molecule has 0 spiro atoms. The largest absolute Gasteiger partial charge is 0.412 e. The molecule has 6 N–H and O–H groups in total. The summed E-state index contributed by atoms with van der Waals surface area (Å²) < 4.78 is 0. The first-order valence-electron chi connectivity index (χ1n) is 3.92. The lowest BCUT2D eigenvalue weighted by Crippen LogP contribution is -2.09. The van der Waals surface area contributed by atoms with Crippen molar-refractivity contribution in [2.24, 2.45) is 0 Å². The lowest BCUT2D eigenvalue weighted by atomic mass is 10.7. The van der Waals surface area contributed by atoms with Crippen LogP contribution in [0.15, 0.2) is 0 Å². The normalized spacial score (nSPS) is 14.4. The Morgan fingerprint density at radius 3 is 2.43 bits per heavy atom. The molecule has 1 aromatic heterocycles. The highest BCUT2D eigenvalue weighted by Crippen LogP contribution is 2.23. The second kappa shape index (κ2) is 4.25. The highest BCUT2D eigenvalue weighted by Gasteiger charge is 2.22. The van der Waals surface area contributed by atoms with Gasteiger partial charge in [-0.15, -0.1) is 0 Å². The molecule has 0 radical (unpaired) electrons. The topological polar surface area (TPSA) is 120 Å². The van der Waals surface area contributed by atoms with E-state index in [0.29, 0.717) is 12.0 Å². The standard InChI is InChI=1S/C6H9ClN6.H2O/c7-13-6-11-4(8)10-5(12-6)9-3-1-2-3;/h3H,1-2H2,(H4,8,9,10,11,12,13);1H2. The van der Waals surface area contributed by atoms with Crippen molar-refractivity contribution in [2.45, 2.75) is 18.9 Å². The molecule has 0 amide bonds. The summed E-state index contributed by atoms with van der Waals surface area (Å²) in [5.41, 5.74) is 5.43. The second-order valence-corrected chi connectivity index (χ2v) is 3.04. The number of hydrogen-bond donors (Lipinski definition) is 3. The van der Waals surface area contributed by atoms with Crippen LogP contribution >= 0.6 is 11.8 Å². The van der Waals surface area contributed by atoms with Gasteiger partial charge in [-0.25, -0.2) is 0 Å². The first-order valence-corrected chi connectivity index (χ1v) is 4.30. The monoisotopic (exact) mass is 218 g/mol. The van der Waals surface area contributed by atoms with Crippen LogP contribution in [0.25, 0.3) is 0 Å². The molecule has 0 saturated heterocycles. The van der Waals surface area contributed by atoms with Gasteiger partial charge in [-0.05, 0) is 12.8 Å². The average molecular weight is 219 g/mol. The number of anilines is 3. The molecule has 78 valence electrons. The van der Waals surface area contributed by atoms with E-state index < -0.39 is 0 Å². The van der Waals surface area contributed by atoms with Gasteiger partial charge < -0.3 is 16.5 Å². The van der Waals surface area contributed by atoms with Crippen molar-refractivity contribution in [3.05, 3.63) is 0 Å². The Kier molecular flexibility index (Phi) is 3.26. The minimum absolute atomic E-state index is 0. The quantitative estimate of drug-likeness (QED) is 0.603. The van der Waals surface area contributed by atoms with Gasteiger partial charge in [0.15, 0.2) is 0 Å². The molecule has 0 atom stereocenters. The van der Waals surface area contributed by atoms with Crippen LogP contribution in [0.3, 0.4) is 0 Å². The molecule has 1 aliphatic rings. The number of nitrogen functional groups attached to an aromatic ring is 1. The SMILES string of the molecule is Nc1nc(NCl)nc(NC2CC2)n1.O. The van der Waals surface area contributed by atoms with Crippen LogP contribution in [0, 0.1) is 0 Å². The van der Waals surface area contributed by atoms with Crippen molar-refractivity contribution in [3.63, 3.8) is 0 Å². The van der Waals surface area contributed by atoms with Crippen LogP contribution in [0.1, 0.15) is 12.8 Å². The minimum Gasteiger partial charge on any atom is -0.412 e. The Balaban J connectivity index is 0.000000980. The maximum Gasteiger partial charge on any atom is 0.244 e. The summed E-state index contributed by atoms with van der Waals surface area (Å²) in [5.74, 6) is 0.886. The van der Waals surface area contributed by atoms with E-state index >= 15 is 0 Å². The molecule has 0 unspecified atom stereocenters. The van der Waals surface area contributed by atoms with Crippen molar-refractivity contribution in [3.8, 4) is 0 Å². The predicted molar refractivity (Wildman–Crippen MR) is 54.0 cm³/mol. The van der Waals surface area contributed by atoms with Crippen molar-refractivity contribution in [1.82, 2.24) is 15.0 Å². The summed E-state index contributed by atoms with van der Waals surface area (Å²) in [6, 6.07) is 0.477. The van der Waals surface area contributed by atoms with Crippen LogP contribution in [-0.2, 0) is 0 Å². The Hall–Kier alpha value is -1.34. The van der Waals surface area contributed by atoms with E-state index in [0.717, 1.165) is 12.8 Å².